The number of nitrogen functional groups attached to an aromatic ring is 1. The third-order valence-electron chi connectivity index (χ3n) is 6.91. The summed E-state index contributed by atoms with van der Waals surface area (Å²) in [6, 6.07) is 16.1. The number of carbonyl (C=O) groups is 3. The maximum atomic E-state index is 13.3. The number of aliphatic carboxylic acids is 1. The predicted molar refractivity (Wildman–Crippen MR) is 127 cm³/mol. The second kappa shape index (κ2) is 8.78. The zero-order chi connectivity index (χ0) is 23.8. The van der Waals surface area contributed by atoms with Crippen LogP contribution in [0.2, 0.25) is 0 Å². The number of nitrogens with two attached hydrogens (primary N) is 1. The van der Waals surface area contributed by atoms with Crippen LogP contribution in [-0.2, 0) is 16.0 Å². The summed E-state index contributed by atoms with van der Waals surface area (Å²) < 4.78 is 0. The Morgan fingerprint density at radius 1 is 1.09 bits per heavy atom. The summed E-state index contributed by atoms with van der Waals surface area (Å²) in [5.74, 6) is -2.00. The van der Waals surface area contributed by atoms with Gasteiger partial charge in [-0.25, -0.2) is 19.5 Å². The number of nitrogens with zero attached hydrogens (tertiary/aromatic N) is 3. The number of β-lactam (4-membered cyclic amide) rings is 1. The Balaban J connectivity index is 1.31. The van der Waals surface area contributed by atoms with Crippen molar-refractivity contribution >= 4 is 34.5 Å². The third-order valence-corrected chi connectivity index (χ3v) is 6.91. The number of likely N-dealkylation sites (tertiary alicyclic amines) is 2. The summed E-state index contributed by atoms with van der Waals surface area (Å²) in [6.45, 7) is 0.962. The molecule has 2 unspecified atom stereocenters. The second-order valence-corrected chi connectivity index (χ2v) is 9.07. The van der Waals surface area contributed by atoms with Gasteiger partial charge < -0.3 is 15.7 Å². The van der Waals surface area contributed by atoms with E-state index in [2.05, 4.69) is 35.3 Å². The van der Waals surface area contributed by atoms with E-state index in [4.69, 9.17) is 5.73 Å². The Morgan fingerprint density at radius 3 is 2.65 bits per heavy atom. The molecular formula is C26H26N4O4. The molecule has 2 fully saturated rings. The minimum absolute atomic E-state index is 0.137. The van der Waals surface area contributed by atoms with Crippen LogP contribution in [0.25, 0.3) is 10.8 Å². The van der Waals surface area contributed by atoms with E-state index in [1.807, 2.05) is 12.1 Å². The number of hydrogen-bond acceptors (Lipinski definition) is 5. The fourth-order valence-electron chi connectivity index (χ4n) is 5.16. The van der Waals surface area contributed by atoms with Gasteiger partial charge in [-0.05, 0) is 53.3 Å². The van der Waals surface area contributed by atoms with Crippen LogP contribution in [-0.4, -0.2) is 56.9 Å². The molecule has 2 aromatic carbocycles. The molecule has 3 atom stereocenters. The molecule has 0 radical (unpaired) electrons. The number of piperidine rings is 1. The number of anilines is 1. The summed E-state index contributed by atoms with van der Waals surface area (Å²) >= 11 is 0. The van der Waals surface area contributed by atoms with E-state index in [1.165, 1.54) is 6.20 Å². The Kier molecular flexibility index (Phi) is 5.65. The van der Waals surface area contributed by atoms with Gasteiger partial charge in [0, 0.05) is 25.2 Å². The number of carboxylic acids is 1. The smallest absolute Gasteiger partial charge is 0.327 e. The molecule has 3 aromatic rings. The van der Waals surface area contributed by atoms with Crippen LogP contribution < -0.4 is 5.73 Å². The molecule has 3 N–H and O–H groups in total. The molecule has 2 saturated heterocycles. The zero-order valence-corrected chi connectivity index (χ0v) is 18.6. The van der Waals surface area contributed by atoms with Crippen molar-refractivity contribution in [2.24, 2.45) is 5.92 Å². The first kappa shape index (κ1) is 21.9. The van der Waals surface area contributed by atoms with Crippen LogP contribution >= 0.6 is 0 Å². The molecule has 2 aliphatic heterocycles. The number of amides is 3. The molecule has 0 bridgehead atoms. The van der Waals surface area contributed by atoms with Crippen LogP contribution in [0.3, 0.4) is 0 Å². The lowest BCUT2D eigenvalue weighted by Crippen LogP contribution is -2.69. The van der Waals surface area contributed by atoms with Gasteiger partial charge >= 0.3 is 12.0 Å². The van der Waals surface area contributed by atoms with Crippen LogP contribution in [0.4, 0.5) is 10.6 Å². The standard InChI is InChI=1S/C26H26N4O4/c27-22-13-16(9-10-28-22)12-21-23(25(32)33)30(24(21)31)26(34)29-11-3-6-20(15-29)19-8-7-17-4-1-2-5-18(17)14-19/h1-2,4-5,7-10,13-14,20-21,23H,3,6,11-12,15H2,(H2,27,28)(H,32,33)/t20?,21?,23-/m0/s1. The van der Waals surface area contributed by atoms with Crippen molar-refractivity contribution in [3.05, 3.63) is 71.9 Å². The SMILES string of the molecule is Nc1cc(CC2C(=O)N(C(=O)N3CCCC(c4ccc5ccccc5c4)C3)[C@@H]2C(=O)O)ccn1. The monoisotopic (exact) mass is 458 g/mol. The maximum absolute atomic E-state index is 13.3. The minimum Gasteiger partial charge on any atom is -0.480 e. The average molecular weight is 459 g/mol. The number of pyridine rings is 1. The van der Waals surface area contributed by atoms with Gasteiger partial charge in [-0.3, -0.25) is 4.79 Å². The number of carbonyl (C=O) groups excluding carboxylic acids is 2. The minimum atomic E-state index is -1.18. The van der Waals surface area contributed by atoms with Crippen LogP contribution in [0.1, 0.15) is 29.9 Å². The van der Waals surface area contributed by atoms with E-state index in [1.54, 1.807) is 17.0 Å². The first-order valence-corrected chi connectivity index (χ1v) is 11.5. The molecule has 1 aromatic heterocycles. The predicted octanol–water partition coefficient (Wildman–Crippen LogP) is 3.27. The van der Waals surface area contributed by atoms with E-state index in [0.717, 1.165) is 39.6 Å². The van der Waals surface area contributed by atoms with Gasteiger partial charge in [0.05, 0.1) is 5.92 Å². The summed E-state index contributed by atoms with van der Waals surface area (Å²) in [5.41, 5.74) is 7.57. The van der Waals surface area contributed by atoms with E-state index in [-0.39, 0.29) is 12.3 Å². The molecule has 2 aliphatic rings. The van der Waals surface area contributed by atoms with E-state index >= 15 is 0 Å². The first-order chi connectivity index (χ1) is 16.4. The van der Waals surface area contributed by atoms with Crippen molar-refractivity contribution in [3.8, 4) is 0 Å². The molecule has 8 nitrogen and oxygen atoms in total. The van der Waals surface area contributed by atoms with Crippen LogP contribution in [0.15, 0.2) is 60.8 Å². The lowest BCUT2D eigenvalue weighted by Gasteiger charge is -2.46. The normalized spacial score (nSPS) is 22.5. The number of carboxylic acid groups (broad SMARTS) is 1. The Bertz CT molecular complexity index is 1280. The number of rotatable bonds is 4. The lowest BCUT2D eigenvalue weighted by atomic mass is 9.82. The quantitative estimate of drug-likeness (QED) is 0.580. The highest BCUT2D eigenvalue weighted by atomic mass is 16.4. The van der Waals surface area contributed by atoms with Gasteiger partial charge in [-0.1, -0.05) is 42.5 Å². The van der Waals surface area contributed by atoms with Crippen molar-refractivity contribution in [2.45, 2.75) is 31.2 Å². The lowest BCUT2D eigenvalue weighted by molar-refractivity contribution is -0.166. The van der Waals surface area contributed by atoms with Gasteiger partial charge in [0.1, 0.15) is 5.82 Å². The fourth-order valence-corrected chi connectivity index (χ4v) is 5.16. The molecule has 3 heterocycles. The van der Waals surface area contributed by atoms with Crippen molar-refractivity contribution in [1.29, 1.82) is 0 Å². The molecule has 174 valence electrons. The number of benzene rings is 2. The van der Waals surface area contributed by atoms with E-state index in [9.17, 15) is 19.5 Å². The molecular weight excluding hydrogens is 432 g/mol. The molecule has 5 rings (SSSR count). The highest BCUT2D eigenvalue weighted by molar-refractivity contribution is 6.07. The fraction of sp³-hybridized carbons (Fsp3) is 0.308. The number of fused-ring (bicyclic) bond motifs is 1. The van der Waals surface area contributed by atoms with Crippen molar-refractivity contribution < 1.29 is 19.5 Å². The second-order valence-electron chi connectivity index (χ2n) is 9.07. The largest absolute Gasteiger partial charge is 0.480 e. The van der Waals surface area contributed by atoms with Crippen molar-refractivity contribution in [2.75, 3.05) is 18.8 Å². The maximum Gasteiger partial charge on any atom is 0.327 e. The van der Waals surface area contributed by atoms with Gasteiger partial charge in [-0.15, -0.1) is 0 Å². The molecule has 0 spiro atoms. The van der Waals surface area contributed by atoms with Gasteiger partial charge in [-0.2, -0.15) is 0 Å². The Hall–Kier alpha value is -3.94. The topological polar surface area (TPSA) is 117 Å². The number of imide groups is 1. The molecule has 0 aliphatic carbocycles. The Labute approximate surface area is 197 Å². The number of urea groups is 1. The third kappa shape index (κ3) is 3.96. The summed E-state index contributed by atoms with van der Waals surface area (Å²) in [7, 11) is 0. The van der Waals surface area contributed by atoms with Gasteiger partial charge in [0.25, 0.3) is 0 Å². The number of hydrogen-bond donors (Lipinski definition) is 2. The first-order valence-electron chi connectivity index (χ1n) is 11.5. The van der Waals surface area contributed by atoms with E-state index < -0.39 is 29.9 Å². The molecule has 8 heteroatoms. The average Bonchev–Trinajstić information content (AvgIpc) is 2.85. The number of aromatic nitrogens is 1. The van der Waals surface area contributed by atoms with Crippen LogP contribution in [0, 0.1) is 5.92 Å². The molecule has 0 saturated carbocycles. The van der Waals surface area contributed by atoms with Crippen LogP contribution in [0.5, 0.6) is 0 Å². The van der Waals surface area contributed by atoms with Crippen molar-refractivity contribution in [1.82, 2.24) is 14.8 Å². The van der Waals surface area contributed by atoms with E-state index in [0.29, 0.717) is 18.9 Å². The van der Waals surface area contributed by atoms with Gasteiger partial charge in [0.2, 0.25) is 5.91 Å². The zero-order valence-electron chi connectivity index (χ0n) is 18.6. The molecule has 34 heavy (non-hydrogen) atoms. The highest BCUT2D eigenvalue weighted by Gasteiger charge is 2.55. The molecule has 3 amide bonds. The van der Waals surface area contributed by atoms with Crippen molar-refractivity contribution in [3.63, 3.8) is 0 Å². The summed E-state index contributed by atoms with van der Waals surface area (Å²) in [4.78, 5) is 44.7. The van der Waals surface area contributed by atoms with Gasteiger partial charge in [0.15, 0.2) is 6.04 Å². The highest BCUT2D eigenvalue weighted by Crippen LogP contribution is 2.34. The summed E-state index contributed by atoms with van der Waals surface area (Å²) in [6.07, 6.45) is 3.45. The summed E-state index contributed by atoms with van der Waals surface area (Å²) in [5, 5.41) is 12.1. The Morgan fingerprint density at radius 2 is 1.88 bits per heavy atom.